The number of hydrogen-bond donors (Lipinski definition) is 4. The molecule has 50 heavy (non-hydrogen) atoms. The zero-order chi connectivity index (χ0) is 36.9. The molecule has 0 aliphatic carbocycles. The second kappa shape index (κ2) is 29.6. The van der Waals surface area contributed by atoms with Crippen LogP contribution in [0.15, 0.2) is 48.6 Å². The Hall–Kier alpha value is -1.94. The first kappa shape index (κ1) is 46.1. The average Bonchev–Trinajstić information content (AvgIpc) is 3.08. The van der Waals surface area contributed by atoms with E-state index in [-0.39, 0.29) is 19.6 Å². The van der Waals surface area contributed by atoms with Gasteiger partial charge in [-0.25, -0.2) is 4.18 Å². The van der Waals surface area contributed by atoms with Gasteiger partial charge in [-0.3, -0.25) is 9.35 Å². The molecule has 12 nitrogen and oxygen atoms in total. The summed E-state index contributed by atoms with van der Waals surface area (Å²) in [5.74, 6) is -0.423. The predicted octanol–water partition coefficient (Wildman–Crippen LogP) is 6.06. The molecule has 0 saturated carbocycles. The van der Waals surface area contributed by atoms with E-state index in [1.54, 1.807) is 0 Å². The van der Waals surface area contributed by atoms with Crippen LogP contribution in [0.1, 0.15) is 117 Å². The third-order valence-electron chi connectivity index (χ3n) is 7.97. The average molecular weight is 733 g/mol. The summed E-state index contributed by atoms with van der Waals surface area (Å²) in [6.45, 7) is 3.69. The number of hydrogen-bond acceptors (Lipinski definition) is 11. The summed E-state index contributed by atoms with van der Waals surface area (Å²) in [6.07, 6.45) is 23.5. The standard InChI is InChI=1S/C37H64O12S/c1-3-5-7-9-10-11-12-13-14-15-16-17-18-19-20-21-23-25-27-45-29-31(47-33(39)26-24-22-8-6-4-2)30-46-37-35(41)36(49-50(42,43)44)34(40)32(28-38)48-37/h5,7,10-11,13-14,16-17,31-32,34-38,40-41H,3-4,6,8-9,12,15,18-30H2,1-2H3,(H,42,43,44)/b7-5-,11-10-,14-13-,17-16-. The van der Waals surface area contributed by atoms with Gasteiger partial charge in [-0.2, -0.15) is 8.42 Å². The van der Waals surface area contributed by atoms with Crippen molar-refractivity contribution in [3.05, 3.63) is 48.6 Å². The molecule has 4 N–H and O–H groups in total. The molecule has 6 atom stereocenters. The molecule has 0 aromatic rings. The molecule has 13 heteroatoms. The molecule has 1 aliphatic rings. The summed E-state index contributed by atoms with van der Waals surface area (Å²) < 4.78 is 58.4. The van der Waals surface area contributed by atoms with E-state index in [4.69, 9.17) is 23.5 Å². The lowest BCUT2D eigenvalue weighted by Crippen LogP contribution is -2.60. The van der Waals surface area contributed by atoms with E-state index in [0.717, 1.165) is 89.9 Å². The van der Waals surface area contributed by atoms with Crippen LogP contribution in [-0.4, -0.2) is 97.5 Å². The van der Waals surface area contributed by atoms with Gasteiger partial charge in [-0.1, -0.05) is 107 Å². The Balaban J connectivity index is 2.43. The molecule has 1 saturated heterocycles. The SMILES string of the molecule is CC/C=C\C/C=C\C/C=C\C/C=C\CCCCCCCOCC(COC1OC(CO)C(O)C(OS(=O)(=O)O)C1O)OC(=O)CCCCCCC. The molecule has 0 aromatic carbocycles. The molecule has 1 heterocycles. The third-order valence-corrected chi connectivity index (χ3v) is 8.43. The number of carbonyl (C=O) groups is 1. The van der Waals surface area contributed by atoms with Crippen molar-refractivity contribution in [1.82, 2.24) is 0 Å². The Morgan fingerprint density at radius 2 is 1.38 bits per heavy atom. The Kier molecular flexibility index (Phi) is 27.3. The molecule has 0 spiro atoms. The first-order valence-electron chi connectivity index (χ1n) is 18.4. The summed E-state index contributed by atoms with van der Waals surface area (Å²) in [5, 5.41) is 30.4. The number of ether oxygens (including phenoxy) is 4. The number of rotatable bonds is 30. The van der Waals surface area contributed by atoms with Gasteiger partial charge in [0.1, 0.15) is 30.5 Å². The van der Waals surface area contributed by atoms with Crippen LogP contribution in [0.4, 0.5) is 0 Å². The zero-order valence-electron chi connectivity index (χ0n) is 30.2. The smallest absolute Gasteiger partial charge is 0.397 e. The molecule has 0 radical (unpaired) electrons. The van der Waals surface area contributed by atoms with Crippen LogP contribution < -0.4 is 0 Å². The Morgan fingerprint density at radius 1 is 0.780 bits per heavy atom. The fourth-order valence-corrected chi connectivity index (χ4v) is 5.70. The lowest BCUT2D eigenvalue weighted by Gasteiger charge is -2.41. The van der Waals surface area contributed by atoms with Gasteiger partial charge < -0.3 is 34.3 Å². The summed E-state index contributed by atoms with van der Waals surface area (Å²) in [6, 6.07) is 0. The summed E-state index contributed by atoms with van der Waals surface area (Å²) in [5.41, 5.74) is 0. The highest BCUT2D eigenvalue weighted by Crippen LogP contribution is 2.26. The van der Waals surface area contributed by atoms with Gasteiger partial charge in [0.2, 0.25) is 0 Å². The number of aliphatic hydroxyl groups is 3. The van der Waals surface area contributed by atoms with Crippen molar-refractivity contribution in [3.63, 3.8) is 0 Å². The van der Waals surface area contributed by atoms with Crippen molar-refractivity contribution in [2.45, 2.75) is 153 Å². The molecule has 1 fully saturated rings. The maximum absolute atomic E-state index is 12.6. The molecular weight excluding hydrogens is 668 g/mol. The van der Waals surface area contributed by atoms with Crippen molar-refractivity contribution in [2.24, 2.45) is 0 Å². The van der Waals surface area contributed by atoms with Gasteiger partial charge in [-0.15, -0.1) is 0 Å². The lowest BCUT2D eigenvalue weighted by atomic mass is 9.99. The second-order valence-electron chi connectivity index (χ2n) is 12.4. The van der Waals surface area contributed by atoms with Crippen molar-refractivity contribution in [1.29, 1.82) is 0 Å². The minimum absolute atomic E-state index is 0.0211. The topological polar surface area (TPSA) is 178 Å². The number of unbranched alkanes of at least 4 members (excludes halogenated alkanes) is 9. The van der Waals surface area contributed by atoms with E-state index in [1.165, 1.54) is 0 Å². The molecule has 0 aromatic heterocycles. The molecule has 0 bridgehead atoms. The molecule has 6 unspecified atom stereocenters. The predicted molar refractivity (Wildman–Crippen MR) is 193 cm³/mol. The zero-order valence-corrected chi connectivity index (χ0v) is 31.0. The van der Waals surface area contributed by atoms with Crippen molar-refractivity contribution in [2.75, 3.05) is 26.4 Å². The lowest BCUT2D eigenvalue weighted by molar-refractivity contribution is -0.301. The number of allylic oxidation sites excluding steroid dienone is 8. The fraction of sp³-hybridized carbons (Fsp3) is 0.757. The van der Waals surface area contributed by atoms with Gasteiger partial charge in [0, 0.05) is 13.0 Å². The maximum atomic E-state index is 12.6. The van der Waals surface area contributed by atoms with Crippen molar-refractivity contribution >= 4 is 16.4 Å². The van der Waals surface area contributed by atoms with Gasteiger partial charge in [0.05, 0.1) is 19.8 Å². The summed E-state index contributed by atoms with van der Waals surface area (Å²) in [7, 11) is -5.05. The van der Waals surface area contributed by atoms with Gasteiger partial charge in [0.25, 0.3) is 0 Å². The normalized spacial score (nSPS) is 22.4. The molecule has 1 aliphatic heterocycles. The minimum atomic E-state index is -5.05. The first-order valence-corrected chi connectivity index (χ1v) is 19.8. The third kappa shape index (κ3) is 23.5. The first-order chi connectivity index (χ1) is 24.1. The van der Waals surface area contributed by atoms with Gasteiger partial charge in [-0.05, 0) is 51.4 Å². The number of aliphatic hydroxyl groups excluding tert-OH is 3. The van der Waals surface area contributed by atoms with Crippen LogP contribution in [-0.2, 0) is 38.3 Å². The molecular formula is C37H64O12S. The van der Waals surface area contributed by atoms with Crippen LogP contribution in [0.5, 0.6) is 0 Å². The van der Waals surface area contributed by atoms with Gasteiger partial charge in [0.15, 0.2) is 6.29 Å². The van der Waals surface area contributed by atoms with Crippen LogP contribution in [0.3, 0.4) is 0 Å². The quantitative estimate of drug-likeness (QED) is 0.0291. The highest BCUT2D eigenvalue weighted by molar-refractivity contribution is 7.80. The van der Waals surface area contributed by atoms with E-state index in [9.17, 15) is 28.5 Å². The largest absolute Gasteiger partial charge is 0.457 e. The van der Waals surface area contributed by atoms with E-state index in [1.807, 2.05) is 0 Å². The number of esters is 1. The summed E-state index contributed by atoms with van der Waals surface area (Å²) >= 11 is 0. The Labute approximate surface area is 300 Å². The van der Waals surface area contributed by atoms with Crippen molar-refractivity contribution in [3.8, 4) is 0 Å². The molecule has 290 valence electrons. The highest BCUT2D eigenvalue weighted by Gasteiger charge is 2.48. The Bertz CT molecular complexity index is 1070. The van der Waals surface area contributed by atoms with Crippen LogP contribution in [0.25, 0.3) is 0 Å². The molecule has 0 amide bonds. The number of carbonyl (C=O) groups excluding carboxylic acids is 1. The second-order valence-corrected chi connectivity index (χ2v) is 13.5. The Morgan fingerprint density at radius 3 is 2.02 bits per heavy atom. The van der Waals surface area contributed by atoms with E-state index in [0.29, 0.717) is 13.0 Å². The fourth-order valence-electron chi connectivity index (χ4n) is 5.19. The van der Waals surface area contributed by atoms with Crippen LogP contribution >= 0.6 is 0 Å². The minimum Gasteiger partial charge on any atom is -0.457 e. The maximum Gasteiger partial charge on any atom is 0.397 e. The summed E-state index contributed by atoms with van der Waals surface area (Å²) in [4.78, 5) is 12.6. The molecule has 1 rings (SSSR count). The van der Waals surface area contributed by atoms with E-state index in [2.05, 4.69) is 66.6 Å². The van der Waals surface area contributed by atoms with Crippen LogP contribution in [0.2, 0.25) is 0 Å². The van der Waals surface area contributed by atoms with E-state index < -0.39 is 59.8 Å². The van der Waals surface area contributed by atoms with Crippen LogP contribution in [0, 0.1) is 0 Å². The monoisotopic (exact) mass is 732 g/mol. The highest BCUT2D eigenvalue weighted by atomic mass is 32.3. The van der Waals surface area contributed by atoms with Gasteiger partial charge >= 0.3 is 16.4 Å². The van der Waals surface area contributed by atoms with Crippen molar-refractivity contribution < 1.29 is 56.2 Å². The van der Waals surface area contributed by atoms with E-state index >= 15 is 0 Å².